The Morgan fingerprint density at radius 3 is 2.43 bits per heavy atom. The summed E-state index contributed by atoms with van der Waals surface area (Å²) in [5.74, 6) is 0.220. The standard InChI is InChI=1S/C4H7ClFN/c5-7-2-4(1-6)3-7/h4H,1-3H2. The number of rotatable bonds is 1. The van der Waals surface area contributed by atoms with Crippen molar-refractivity contribution in [2.75, 3.05) is 19.8 Å². The van der Waals surface area contributed by atoms with Gasteiger partial charge in [-0.3, -0.25) is 4.39 Å². The van der Waals surface area contributed by atoms with Gasteiger partial charge in [0.2, 0.25) is 0 Å². The number of hydrogen-bond donors (Lipinski definition) is 0. The van der Waals surface area contributed by atoms with E-state index in [-0.39, 0.29) is 12.6 Å². The minimum Gasteiger partial charge on any atom is -0.251 e. The second-order valence-electron chi connectivity index (χ2n) is 1.85. The zero-order valence-electron chi connectivity index (χ0n) is 3.90. The summed E-state index contributed by atoms with van der Waals surface area (Å²) in [5, 5.41) is 0. The molecule has 1 aliphatic heterocycles. The predicted octanol–water partition coefficient (Wildman–Crippen LogP) is 1.04. The molecule has 0 amide bonds. The number of alkyl halides is 1. The highest BCUT2D eigenvalue weighted by atomic mass is 35.5. The van der Waals surface area contributed by atoms with Crippen LogP contribution in [0.25, 0.3) is 0 Å². The van der Waals surface area contributed by atoms with E-state index in [0.717, 1.165) is 13.1 Å². The molecule has 0 aromatic rings. The third-order valence-electron chi connectivity index (χ3n) is 1.13. The highest BCUT2D eigenvalue weighted by Gasteiger charge is 2.24. The van der Waals surface area contributed by atoms with Gasteiger partial charge in [0.15, 0.2) is 0 Å². The van der Waals surface area contributed by atoms with Crippen molar-refractivity contribution in [1.29, 1.82) is 0 Å². The molecule has 7 heavy (non-hydrogen) atoms. The normalized spacial score (nSPS) is 24.9. The quantitative estimate of drug-likeness (QED) is 0.471. The summed E-state index contributed by atoms with van der Waals surface area (Å²) in [7, 11) is 0. The molecule has 0 aromatic carbocycles. The molecular formula is C4H7ClFN. The van der Waals surface area contributed by atoms with Crippen molar-refractivity contribution in [3.8, 4) is 0 Å². The lowest BCUT2D eigenvalue weighted by Crippen LogP contribution is -2.41. The van der Waals surface area contributed by atoms with Gasteiger partial charge in [0.05, 0.1) is 6.67 Å². The van der Waals surface area contributed by atoms with Crippen LogP contribution in [-0.4, -0.2) is 24.2 Å². The molecule has 0 saturated carbocycles. The Labute approximate surface area is 47.2 Å². The summed E-state index contributed by atoms with van der Waals surface area (Å²) in [4.78, 5) is 0. The van der Waals surface area contributed by atoms with E-state index in [4.69, 9.17) is 11.8 Å². The van der Waals surface area contributed by atoms with E-state index >= 15 is 0 Å². The molecule has 0 N–H and O–H groups in total. The minimum atomic E-state index is -0.219. The van der Waals surface area contributed by atoms with E-state index in [0.29, 0.717) is 0 Å². The largest absolute Gasteiger partial charge is 0.251 e. The summed E-state index contributed by atoms with van der Waals surface area (Å²) in [6.07, 6.45) is 0. The van der Waals surface area contributed by atoms with Crippen molar-refractivity contribution < 1.29 is 4.39 Å². The Morgan fingerprint density at radius 2 is 2.29 bits per heavy atom. The van der Waals surface area contributed by atoms with Gasteiger partial charge in [-0.15, -0.1) is 0 Å². The molecule has 0 bridgehead atoms. The Bertz CT molecular complexity index is 62.7. The van der Waals surface area contributed by atoms with Gasteiger partial charge in [-0.1, -0.05) is 0 Å². The van der Waals surface area contributed by atoms with Crippen LogP contribution in [0.1, 0.15) is 0 Å². The van der Waals surface area contributed by atoms with Crippen molar-refractivity contribution in [2.24, 2.45) is 5.92 Å². The number of halogens is 2. The van der Waals surface area contributed by atoms with Crippen LogP contribution < -0.4 is 0 Å². The maximum absolute atomic E-state index is 11.5. The van der Waals surface area contributed by atoms with E-state index in [2.05, 4.69) is 0 Å². The van der Waals surface area contributed by atoms with Crippen molar-refractivity contribution in [2.45, 2.75) is 0 Å². The minimum absolute atomic E-state index is 0.219. The SMILES string of the molecule is FCC1CN(Cl)C1. The van der Waals surface area contributed by atoms with Gasteiger partial charge < -0.3 is 0 Å². The van der Waals surface area contributed by atoms with Gasteiger partial charge in [-0.25, -0.2) is 4.42 Å². The Morgan fingerprint density at radius 1 is 1.71 bits per heavy atom. The van der Waals surface area contributed by atoms with Crippen LogP contribution in [0.3, 0.4) is 0 Å². The highest BCUT2D eigenvalue weighted by molar-refractivity contribution is 6.13. The maximum atomic E-state index is 11.5. The predicted molar refractivity (Wildman–Crippen MR) is 26.9 cm³/mol. The fourth-order valence-corrected chi connectivity index (χ4v) is 0.995. The van der Waals surface area contributed by atoms with E-state index in [1.807, 2.05) is 0 Å². The third-order valence-corrected chi connectivity index (χ3v) is 1.41. The Kier molecular flexibility index (Phi) is 1.50. The van der Waals surface area contributed by atoms with E-state index in [1.165, 1.54) is 0 Å². The van der Waals surface area contributed by atoms with E-state index in [1.54, 1.807) is 4.42 Å². The van der Waals surface area contributed by atoms with Gasteiger partial charge in [-0.2, -0.15) is 0 Å². The molecule has 1 fully saturated rings. The van der Waals surface area contributed by atoms with Crippen molar-refractivity contribution in [1.82, 2.24) is 4.42 Å². The maximum Gasteiger partial charge on any atom is 0.0948 e. The molecule has 1 rings (SSSR count). The van der Waals surface area contributed by atoms with Crippen LogP contribution in [0.5, 0.6) is 0 Å². The van der Waals surface area contributed by atoms with Gasteiger partial charge in [-0.05, 0) is 11.8 Å². The lowest BCUT2D eigenvalue weighted by Gasteiger charge is -2.30. The molecule has 42 valence electrons. The highest BCUT2D eigenvalue weighted by Crippen LogP contribution is 2.16. The summed E-state index contributed by atoms with van der Waals surface area (Å²) in [6, 6.07) is 0. The molecular weight excluding hydrogens is 117 g/mol. The molecule has 0 radical (unpaired) electrons. The Hall–Kier alpha value is 0.180. The Balaban J connectivity index is 2.06. The van der Waals surface area contributed by atoms with Gasteiger partial charge >= 0.3 is 0 Å². The molecule has 1 aliphatic rings. The van der Waals surface area contributed by atoms with E-state index < -0.39 is 0 Å². The van der Waals surface area contributed by atoms with Crippen LogP contribution in [0.2, 0.25) is 0 Å². The summed E-state index contributed by atoms with van der Waals surface area (Å²) < 4.78 is 13.1. The topological polar surface area (TPSA) is 3.24 Å². The molecule has 0 atom stereocenters. The van der Waals surface area contributed by atoms with Gasteiger partial charge in [0, 0.05) is 19.0 Å². The molecule has 1 saturated heterocycles. The van der Waals surface area contributed by atoms with E-state index in [9.17, 15) is 4.39 Å². The first-order valence-electron chi connectivity index (χ1n) is 2.29. The lowest BCUT2D eigenvalue weighted by molar-refractivity contribution is 0.170. The number of hydrogen-bond acceptors (Lipinski definition) is 1. The third kappa shape index (κ3) is 1.04. The van der Waals surface area contributed by atoms with Crippen LogP contribution in [0.15, 0.2) is 0 Å². The van der Waals surface area contributed by atoms with Crippen molar-refractivity contribution in [3.05, 3.63) is 0 Å². The average Bonchev–Trinajstić information content (AvgIpc) is 1.58. The van der Waals surface area contributed by atoms with Gasteiger partial charge in [0.25, 0.3) is 0 Å². The molecule has 1 nitrogen and oxygen atoms in total. The zero-order chi connectivity index (χ0) is 5.28. The van der Waals surface area contributed by atoms with Gasteiger partial charge in [0.1, 0.15) is 0 Å². The fraction of sp³-hybridized carbons (Fsp3) is 1.00. The summed E-state index contributed by atoms with van der Waals surface area (Å²) in [6.45, 7) is 1.22. The number of nitrogens with zero attached hydrogens (tertiary/aromatic N) is 1. The molecule has 0 aliphatic carbocycles. The molecule has 0 spiro atoms. The van der Waals surface area contributed by atoms with Crippen LogP contribution in [0, 0.1) is 5.92 Å². The first-order chi connectivity index (χ1) is 3.33. The fourth-order valence-electron chi connectivity index (χ4n) is 0.604. The second-order valence-corrected chi connectivity index (χ2v) is 2.33. The average molecular weight is 124 g/mol. The smallest absolute Gasteiger partial charge is 0.0948 e. The summed E-state index contributed by atoms with van der Waals surface area (Å²) >= 11 is 5.39. The van der Waals surface area contributed by atoms with Crippen LogP contribution in [-0.2, 0) is 0 Å². The van der Waals surface area contributed by atoms with Crippen molar-refractivity contribution in [3.63, 3.8) is 0 Å². The first kappa shape index (κ1) is 5.32. The molecule has 0 unspecified atom stereocenters. The molecule has 1 heterocycles. The monoisotopic (exact) mass is 123 g/mol. The van der Waals surface area contributed by atoms with Crippen LogP contribution in [0.4, 0.5) is 4.39 Å². The zero-order valence-corrected chi connectivity index (χ0v) is 4.66. The second kappa shape index (κ2) is 1.97. The summed E-state index contributed by atoms with van der Waals surface area (Å²) in [5.41, 5.74) is 0. The van der Waals surface area contributed by atoms with Crippen molar-refractivity contribution >= 4 is 11.8 Å². The molecule has 3 heteroatoms. The molecule has 0 aromatic heterocycles. The van der Waals surface area contributed by atoms with Crippen LogP contribution >= 0.6 is 11.8 Å². The first-order valence-corrected chi connectivity index (χ1v) is 2.63. The lowest BCUT2D eigenvalue weighted by atomic mass is 10.1.